The molecular weight excluding hydrogens is 367 g/mol. The molecule has 0 radical (unpaired) electrons. The summed E-state index contributed by atoms with van der Waals surface area (Å²) in [5.41, 5.74) is 1.57. The second-order valence-corrected chi connectivity index (χ2v) is 6.96. The van der Waals surface area contributed by atoms with Gasteiger partial charge in [0.2, 0.25) is 5.91 Å². The molecule has 0 spiro atoms. The maximum absolute atomic E-state index is 12.2. The average molecular weight is 381 g/mol. The van der Waals surface area contributed by atoms with Gasteiger partial charge >= 0.3 is 0 Å². The van der Waals surface area contributed by atoms with E-state index in [4.69, 9.17) is 23.2 Å². The molecule has 2 heterocycles. The van der Waals surface area contributed by atoms with Crippen molar-refractivity contribution < 1.29 is 4.79 Å². The summed E-state index contributed by atoms with van der Waals surface area (Å²) < 4.78 is 1.68. The number of carbonyl (C=O) groups is 1. The molecule has 8 heteroatoms. The van der Waals surface area contributed by atoms with E-state index in [0.29, 0.717) is 20.8 Å². The number of hydrogen-bond acceptors (Lipinski definition) is 4. The molecule has 0 aliphatic heterocycles. The number of rotatable bonds is 5. The van der Waals surface area contributed by atoms with Crippen LogP contribution in [0.1, 0.15) is 18.5 Å². The molecule has 124 valence electrons. The van der Waals surface area contributed by atoms with Crippen molar-refractivity contribution in [3.05, 3.63) is 58.2 Å². The van der Waals surface area contributed by atoms with E-state index in [0.717, 1.165) is 5.56 Å². The largest absolute Gasteiger partial charge is 0.349 e. The van der Waals surface area contributed by atoms with Crippen molar-refractivity contribution in [1.82, 2.24) is 19.9 Å². The van der Waals surface area contributed by atoms with Crippen LogP contribution in [-0.4, -0.2) is 26.3 Å². The van der Waals surface area contributed by atoms with E-state index in [9.17, 15) is 4.79 Å². The first kappa shape index (κ1) is 17.1. The zero-order valence-corrected chi connectivity index (χ0v) is 15.1. The van der Waals surface area contributed by atoms with Crippen LogP contribution in [0.5, 0.6) is 0 Å². The third kappa shape index (κ3) is 3.83. The van der Waals surface area contributed by atoms with Crippen LogP contribution in [0.25, 0.3) is 5.65 Å². The van der Waals surface area contributed by atoms with Gasteiger partial charge in [-0.25, -0.2) is 0 Å². The quantitative estimate of drug-likeness (QED) is 0.679. The third-order valence-electron chi connectivity index (χ3n) is 3.40. The van der Waals surface area contributed by atoms with Gasteiger partial charge in [0.05, 0.1) is 21.8 Å². The lowest BCUT2D eigenvalue weighted by atomic mass is 10.1. The van der Waals surface area contributed by atoms with Crippen molar-refractivity contribution in [3.63, 3.8) is 0 Å². The zero-order valence-electron chi connectivity index (χ0n) is 12.7. The van der Waals surface area contributed by atoms with Gasteiger partial charge in [-0.05, 0) is 18.6 Å². The summed E-state index contributed by atoms with van der Waals surface area (Å²) in [4.78, 5) is 12.2. The molecule has 0 aliphatic carbocycles. The van der Waals surface area contributed by atoms with Crippen LogP contribution in [0.15, 0.2) is 47.8 Å². The summed E-state index contributed by atoms with van der Waals surface area (Å²) in [6.45, 7) is 1.95. The van der Waals surface area contributed by atoms with Crippen LogP contribution in [0.3, 0.4) is 0 Å². The summed E-state index contributed by atoms with van der Waals surface area (Å²) in [7, 11) is 0. The summed E-state index contributed by atoms with van der Waals surface area (Å²) >= 11 is 13.4. The van der Waals surface area contributed by atoms with Gasteiger partial charge in [-0.1, -0.05) is 65.3 Å². The van der Waals surface area contributed by atoms with Crippen LogP contribution < -0.4 is 5.32 Å². The standard InChI is InChI=1S/C16H14Cl2N4OS/c1-10(11-5-3-2-4-6-11)19-14(23)9-24-16-21-20-15-13(18)7-12(17)8-22(15)16/h2-8,10H,9H2,1H3,(H,19,23)/t10-/m0/s1. The third-order valence-corrected chi connectivity index (χ3v) is 4.83. The SMILES string of the molecule is C[C@H](NC(=O)CSc1nnc2c(Cl)cc(Cl)cn12)c1ccccc1. The number of nitrogens with one attached hydrogen (secondary N) is 1. The number of fused-ring (bicyclic) bond motifs is 1. The Balaban J connectivity index is 1.65. The summed E-state index contributed by atoms with van der Waals surface area (Å²) in [5, 5.41) is 12.5. The topological polar surface area (TPSA) is 59.3 Å². The molecule has 1 N–H and O–H groups in total. The molecule has 3 rings (SSSR count). The molecule has 1 atom stereocenters. The van der Waals surface area contributed by atoms with Gasteiger partial charge in [0.1, 0.15) is 0 Å². The Hall–Kier alpha value is -1.76. The number of benzene rings is 1. The van der Waals surface area contributed by atoms with Gasteiger partial charge in [-0.2, -0.15) is 0 Å². The van der Waals surface area contributed by atoms with Crippen molar-refractivity contribution in [2.24, 2.45) is 0 Å². The van der Waals surface area contributed by atoms with Crippen molar-refractivity contribution >= 4 is 46.5 Å². The average Bonchev–Trinajstić information content (AvgIpc) is 2.97. The minimum Gasteiger partial charge on any atom is -0.349 e. The molecule has 2 aromatic heterocycles. The summed E-state index contributed by atoms with van der Waals surface area (Å²) in [6.07, 6.45) is 1.68. The molecule has 1 amide bonds. The van der Waals surface area contributed by atoms with Gasteiger partial charge < -0.3 is 5.32 Å². The lowest BCUT2D eigenvalue weighted by molar-refractivity contribution is -0.119. The molecular formula is C16H14Cl2N4OS. The Labute approximate surface area is 153 Å². The number of thioether (sulfide) groups is 1. The minimum absolute atomic E-state index is 0.0571. The first-order valence-electron chi connectivity index (χ1n) is 7.21. The number of nitrogens with zero attached hydrogens (tertiary/aromatic N) is 3. The number of hydrogen-bond donors (Lipinski definition) is 1. The van der Waals surface area contributed by atoms with Crippen LogP contribution in [-0.2, 0) is 4.79 Å². The van der Waals surface area contributed by atoms with Crippen molar-refractivity contribution in [2.45, 2.75) is 18.1 Å². The highest BCUT2D eigenvalue weighted by Crippen LogP contribution is 2.25. The van der Waals surface area contributed by atoms with Gasteiger partial charge in [-0.15, -0.1) is 10.2 Å². The van der Waals surface area contributed by atoms with E-state index in [2.05, 4.69) is 15.5 Å². The zero-order chi connectivity index (χ0) is 17.1. The molecule has 3 aromatic rings. The van der Waals surface area contributed by atoms with Crippen molar-refractivity contribution in [2.75, 3.05) is 5.75 Å². The van der Waals surface area contributed by atoms with Crippen LogP contribution in [0, 0.1) is 0 Å². The summed E-state index contributed by atoms with van der Waals surface area (Å²) in [5.74, 6) is 0.142. The van der Waals surface area contributed by atoms with Crippen molar-refractivity contribution in [3.8, 4) is 0 Å². The van der Waals surface area contributed by atoms with Gasteiger partial charge in [-0.3, -0.25) is 9.20 Å². The number of amides is 1. The highest BCUT2D eigenvalue weighted by molar-refractivity contribution is 7.99. The second-order valence-electron chi connectivity index (χ2n) is 5.17. The van der Waals surface area contributed by atoms with E-state index < -0.39 is 0 Å². The normalized spacial score (nSPS) is 12.3. The molecule has 0 saturated heterocycles. The van der Waals surface area contributed by atoms with E-state index in [1.54, 1.807) is 16.7 Å². The van der Waals surface area contributed by atoms with Crippen molar-refractivity contribution in [1.29, 1.82) is 0 Å². The Morgan fingerprint density at radius 3 is 2.79 bits per heavy atom. The van der Waals surface area contributed by atoms with E-state index >= 15 is 0 Å². The van der Waals surface area contributed by atoms with E-state index in [-0.39, 0.29) is 17.7 Å². The number of pyridine rings is 1. The molecule has 0 saturated carbocycles. The minimum atomic E-state index is -0.0822. The Kier molecular flexibility index (Phi) is 5.28. The highest BCUT2D eigenvalue weighted by atomic mass is 35.5. The first-order valence-corrected chi connectivity index (χ1v) is 8.95. The molecule has 0 fully saturated rings. The molecule has 0 aliphatic rings. The van der Waals surface area contributed by atoms with E-state index in [1.807, 2.05) is 37.3 Å². The lowest BCUT2D eigenvalue weighted by Gasteiger charge is -2.13. The van der Waals surface area contributed by atoms with Gasteiger partial charge in [0.25, 0.3) is 0 Å². The fourth-order valence-corrected chi connectivity index (χ4v) is 3.47. The molecule has 5 nitrogen and oxygen atoms in total. The lowest BCUT2D eigenvalue weighted by Crippen LogP contribution is -2.28. The Bertz CT molecular complexity index is 869. The fourth-order valence-electron chi connectivity index (χ4n) is 2.24. The Morgan fingerprint density at radius 1 is 1.29 bits per heavy atom. The van der Waals surface area contributed by atoms with E-state index in [1.165, 1.54) is 11.8 Å². The predicted molar refractivity (Wildman–Crippen MR) is 96.7 cm³/mol. The van der Waals surface area contributed by atoms with Crippen LogP contribution in [0.2, 0.25) is 10.0 Å². The number of aromatic nitrogens is 3. The van der Waals surface area contributed by atoms with Gasteiger partial charge in [0, 0.05) is 6.20 Å². The molecule has 0 unspecified atom stereocenters. The Morgan fingerprint density at radius 2 is 2.04 bits per heavy atom. The second kappa shape index (κ2) is 7.42. The van der Waals surface area contributed by atoms with Crippen LogP contribution >= 0.6 is 35.0 Å². The first-order chi connectivity index (χ1) is 11.5. The monoisotopic (exact) mass is 380 g/mol. The maximum atomic E-state index is 12.2. The summed E-state index contributed by atoms with van der Waals surface area (Å²) in [6, 6.07) is 11.3. The maximum Gasteiger partial charge on any atom is 0.230 e. The predicted octanol–water partition coefficient (Wildman–Crippen LogP) is 4.01. The highest BCUT2D eigenvalue weighted by Gasteiger charge is 2.14. The molecule has 0 bridgehead atoms. The smallest absolute Gasteiger partial charge is 0.230 e. The number of carbonyl (C=O) groups excluding carboxylic acids is 1. The van der Waals surface area contributed by atoms with Gasteiger partial charge in [0.15, 0.2) is 10.8 Å². The fraction of sp³-hybridized carbons (Fsp3) is 0.188. The van der Waals surface area contributed by atoms with Crippen LogP contribution in [0.4, 0.5) is 0 Å². The number of halogens is 2. The molecule has 1 aromatic carbocycles. The molecule has 24 heavy (non-hydrogen) atoms.